The normalized spacial score (nSPS) is 23.5. The first-order chi connectivity index (χ1) is 8.22. The smallest absolute Gasteiger partial charge is 0.307 e. The molecule has 1 aliphatic rings. The van der Waals surface area contributed by atoms with Crippen molar-refractivity contribution in [3.63, 3.8) is 0 Å². The molecule has 2 heterocycles. The van der Waals surface area contributed by atoms with Crippen LogP contribution in [0, 0.1) is 5.92 Å². The highest BCUT2D eigenvalue weighted by Gasteiger charge is 2.29. The summed E-state index contributed by atoms with van der Waals surface area (Å²) in [5.41, 5.74) is 1.15. The molecule has 1 saturated heterocycles. The molecule has 1 fully saturated rings. The van der Waals surface area contributed by atoms with E-state index in [1.54, 1.807) is 0 Å². The number of carboxylic acids is 1. The third-order valence-corrected chi connectivity index (χ3v) is 3.53. The minimum atomic E-state index is -0.670. The first-order valence-electron chi connectivity index (χ1n) is 6.18. The Balaban J connectivity index is 2.07. The van der Waals surface area contributed by atoms with Crippen LogP contribution in [-0.2, 0) is 4.79 Å². The van der Waals surface area contributed by atoms with Gasteiger partial charge < -0.3 is 5.11 Å². The average Bonchev–Trinajstić information content (AvgIpc) is 2.84. The molecule has 2 atom stereocenters. The first kappa shape index (κ1) is 12.1. The zero-order valence-electron chi connectivity index (χ0n) is 10.1. The minimum Gasteiger partial charge on any atom is -0.481 e. The number of hydrogen-bond acceptors (Lipinski definition) is 3. The molecule has 2 rings (SSSR count). The molecular weight excluding hydrogens is 218 g/mol. The van der Waals surface area contributed by atoms with E-state index >= 15 is 0 Å². The molecule has 1 aliphatic heterocycles. The Morgan fingerprint density at radius 1 is 1.76 bits per heavy atom. The fraction of sp³-hybridized carbons (Fsp3) is 0.667. The number of aromatic amines is 1. The van der Waals surface area contributed by atoms with Crippen molar-refractivity contribution in [1.82, 2.24) is 15.1 Å². The Kier molecular flexibility index (Phi) is 3.78. The molecule has 17 heavy (non-hydrogen) atoms. The summed E-state index contributed by atoms with van der Waals surface area (Å²) in [6.45, 7) is 3.76. The van der Waals surface area contributed by atoms with Crippen LogP contribution in [0.15, 0.2) is 12.4 Å². The second kappa shape index (κ2) is 5.31. The zero-order chi connectivity index (χ0) is 12.3. The standard InChI is InChI=1S/C12H19N3O2/c1-2-11(10-6-13-14-7-10)15-5-3-4-9(8-15)12(16)17/h6-7,9,11H,2-5,8H2,1H3,(H,13,14)(H,16,17). The van der Waals surface area contributed by atoms with Crippen LogP contribution in [0.4, 0.5) is 0 Å². The number of rotatable bonds is 4. The molecule has 0 aliphatic carbocycles. The third kappa shape index (κ3) is 2.66. The van der Waals surface area contributed by atoms with Gasteiger partial charge in [0.2, 0.25) is 0 Å². The number of nitrogens with zero attached hydrogens (tertiary/aromatic N) is 2. The van der Waals surface area contributed by atoms with Crippen LogP contribution in [0.5, 0.6) is 0 Å². The van der Waals surface area contributed by atoms with E-state index in [1.165, 1.54) is 0 Å². The van der Waals surface area contributed by atoms with Gasteiger partial charge in [-0.2, -0.15) is 5.10 Å². The Morgan fingerprint density at radius 3 is 3.18 bits per heavy atom. The SMILES string of the molecule is CCC(c1cn[nH]c1)N1CCCC(C(=O)O)C1. The number of carbonyl (C=O) groups is 1. The molecule has 1 aromatic rings. The molecule has 2 N–H and O–H groups in total. The van der Waals surface area contributed by atoms with Crippen molar-refractivity contribution in [2.45, 2.75) is 32.2 Å². The van der Waals surface area contributed by atoms with Gasteiger partial charge in [0.1, 0.15) is 0 Å². The number of nitrogens with one attached hydrogen (secondary N) is 1. The number of carboxylic acid groups (broad SMARTS) is 1. The second-order valence-electron chi connectivity index (χ2n) is 4.63. The van der Waals surface area contributed by atoms with Crippen molar-refractivity contribution in [3.8, 4) is 0 Å². The monoisotopic (exact) mass is 237 g/mol. The lowest BCUT2D eigenvalue weighted by Gasteiger charge is -2.36. The van der Waals surface area contributed by atoms with Gasteiger partial charge in [0, 0.05) is 24.3 Å². The number of aromatic nitrogens is 2. The number of aliphatic carboxylic acids is 1. The van der Waals surface area contributed by atoms with Crippen LogP contribution in [0.3, 0.4) is 0 Å². The van der Waals surface area contributed by atoms with E-state index in [-0.39, 0.29) is 12.0 Å². The summed E-state index contributed by atoms with van der Waals surface area (Å²) in [5.74, 6) is -0.888. The minimum absolute atomic E-state index is 0.218. The van der Waals surface area contributed by atoms with E-state index in [4.69, 9.17) is 5.11 Å². The molecule has 5 heteroatoms. The summed E-state index contributed by atoms with van der Waals surface area (Å²) in [4.78, 5) is 13.3. The van der Waals surface area contributed by atoms with Crippen LogP contribution < -0.4 is 0 Å². The maximum Gasteiger partial charge on any atom is 0.307 e. The van der Waals surface area contributed by atoms with E-state index in [1.807, 2.05) is 12.4 Å². The van der Waals surface area contributed by atoms with Crippen LogP contribution in [-0.4, -0.2) is 39.3 Å². The van der Waals surface area contributed by atoms with Gasteiger partial charge in [-0.1, -0.05) is 6.92 Å². The summed E-state index contributed by atoms with van der Waals surface area (Å²) in [6.07, 6.45) is 6.47. The molecular formula is C12H19N3O2. The van der Waals surface area contributed by atoms with Crippen molar-refractivity contribution < 1.29 is 9.90 Å². The molecule has 0 aromatic carbocycles. The maximum absolute atomic E-state index is 11.1. The highest BCUT2D eigenvalue weighted by atomic mass is 16.4. The van der Waals surface area contributed by atoms with Crippen molar-refractivity contribution in [1.29, 1.82) is 0 Å². The van der Waals surface area contributed by atoms with E-state index in [2.05, 4.69) is 22.0 Å². The van der Waals surface area contributed by atoms with Crippen molar-refractivity contribution in [2.75, 3.05) is 13.1 Å². The summed E-state index contributed by atoms with van der Waals surface area (Å²) in [5, 5.41) is 15.9. The summed E-state index contributed by atoms with van der Waals surface area (Å²) >= 11 is 0. The molecule has 1 aromatic heterocycles. The lowest BCUT2D eigenvalue weighted by atomic mass is 9.95. The lowest BCUT2D eigenvalue weighted by molar-refractivity contribution is -0.144. The molecule has 0 spiro atoms. The van der Waals surface area contributed by atoms with Crippen molar-refractivity contribution in [3.05, 3.63) is 18.0 Å². The molecule has 94 valence electrons. The average molecular weight is 237 g/mol. The quantitative estimate of drug-likeness (QED) is 0.835. The second-order valence-corrected chi connectivity index (χ2v) is 4.63. The van der Waals surface area contributed by atoms with Gasteiger partial charge in [0.25, 0.3) is 0 Å². The predicted octanol–water partition coefficient (Wildman–Crippen LogP) is 1.66. The summed E-state index contributed by atoms with van der Waals surface area (Å²) in [7, 11) is 0. The molecule has 0 bridgehead atoms. The van der Waals surface area contributed by atoms with Gasteiger partial charge in [-0.3, -0.25) is 14.8 Å². The topological polar surface area (TPSA) is 69.2 Å². The maximum atomic E-state index is 11.1. The van der Waals surface area contributed by atoms with E-state index < -0.39 is 5.97 Å². The van der Waals surface area contributed by atoms with E-state index in [0.717, 1.165) is 31.4 Å². The van der Waals surface area contributed by atoms with Gasteiger partial charge in [-0.25, -0.2) is 0 Å². The number of H-pyrrole nitrogens is 1. The van der Waals surface area contributed by atoms with E-state index in [9.17, 15) is 4.79 Å². The molecule has 2 unspecified atom stereocenters. The highest BCUT2D eigenvalue weighted by molar-refractivity contribution is 5.70. The molecule has 0 radical (unpaired) electrons. The summed E-state index contributed by atoms with van der Waals surface area (Å²) in [6, 6.07) is 0.288. The van der Waals surface area contributed by atoms with Crippen molar-refractivity contribution in [2.24, 2.45) is 5.92 Å². The first-order valence-corrected chi connectivity index (χ1v) is 6.18. The Bertz CT molecular complexity index is 364. The highest BCUT2D eigenvalue weighted by Crippen LogP contribution is 2.28. The zero-order valence-corrected chi connectivity index (χ0v) is 10.1. The Labute approximate surface area is 101 Å². The van der Waals surface area contributed by atoms with Crippen LogP contribution in [0.25, 0.3) is 0 Å². The van der Waals surface area contributed by atoms with Crippen LogP contribution in [0.2, 0.25) is 0 Å². The van der Waals surface area contributed by atoms with Crippen molar-refractivity contribution >= 4 is 5.97 Å². The number of hydrogen-bond donors (Lipinski definition) is 2. The largest absolute Gasteiger partial charge is 0.481 e. The van der Waals surface area contributed by atoms with Gasteiger partial charge in [0.05, 0.1) is 12.1 Å². The Hall–Kier alpha value is -1.36. The van der Waals surface area contributed by atoms with Gasteiger partial charge in [-0.05, 0) is 25.8 Å². The number of likely N-dealkylation sites (tertiary alicyclic amines) is 1. The molecule has 5 nitrogen and oxygen atoms in total. The fourth-order valence-electron chi connectivity index (χ4n) is 2.64. The Morgan fingerprint density at radius 2 is 2.59 bits per heavy atom. The molecule has 0 amide bonds. The van der Waals surface area contributed by atoms with Gasteiger partial charge >= 0.3 is 5.97 Å². The van der Waals surface area contributed by atoms with E-state index in [0.29, 0.717) is 6.54 Å². The predicted molar refractivity (Wildman–Crippen MR) is 63.6 cm³/mol. The van der Waals surface area contributed by atoms with Gasteiger partial charge in [0.15, 0.2) is 0 Å². The van der Waals surface area contributed by atoms with Gasteiger partial charge in [-0.15, -0.1) is 0 Å². The molecule has 0 saturated carbocycles. The fourth-order valence-corrected chi connectivity index (χ4v) is 2.64. The lowest BCUT2D eigenvalue weighted by Crippen LogP contribution is -2.40. The van der Waals surface area contributed by atoms with Crippen LogP contribution >= 0.6 is 0 Å². The third-order valence-electron chi connectivity index (χ3n) is 3.53. The van der Waals surface area contributed by atoms with Crippen LogP contribution in [0.1, 0.15) is 37.8 Å². The number of piperidine rings is 1. The summed E-state index contributed by atoms with van der Waals surface area (Å²) < 4.78 is 0.